The maximum absolute atomic E-state index is 4.25. The van der Waals surface area contributed by atoms with Crippen LogP contribution in [-0.4, -0.2) is 4.98 Å². The fourth-order valence-electron chi connectivity index (χ4n) is 1.84. The summed E-state index contributed by atoms with van der Waals surface area (Å²) in [7, 11) is 0. The van der Waals surface area contributed by atoms with Crippen molar-refractivity contribution in [3.8, 4) is 0 Å². The van der Waals surface area contributed by atoms with Gasteiger partial charge in [-0.15, -0.1) is 11.3 Å². The molecule has 0 aliphatic heterocycles. The molecule has 18 heavy (non-hydrogen) atoms. The first-order chi connectivity index (χ1) is 8.66. The van der Waals surface area contributed by atoms with Gasteiger partial charge in [-0.2, -0.15) is 0 Å². The van der Waals surface area contributed by atoms with Gasteiger partial charge < -0.3 is 5.32 Å². The van der Waals surface area contributed by atoms with Crippen molar-refractivity contribution in [3.63, 3.8) is 0 Å². The molecule has 0 fully saturated rings. The van der Waals surface area contributed by atoms with Crippen LogP contribution >= 0.6 is 11.3 Å². The van der Waals surface area contributed by atoms with E-state index in [4.69, 9.17) is 0 Å². The zero-order valence-corrected chi connectivity index (χ0v) is 12.1. The highest BCUT2D eigenvalue weighted by Crippen LogP contribution is 2.15. The van der Waals surface area contributed by atoms with E-state index in [0.717, 1.165) is 18.8 Å². The standard InChI is InChI=1S/C15H20N2S/c1-11(2)14-6-4-13(5-7-14)8-16-9-15-12(3)17-10-18-15/h4-7,10-11,16H,8-9H2,1-3H3. The Morgan fingerprint density at radius 1 is 1.17 bits per heavy atom. The van der Waals surface area contributed by atoms with E-state index in [1.807, 2.05) is 5.51 Å². The lowest BCUT2D eigenvalue weighted by atomic mass is 10.0. The predicted molar refractivity (Wildman–Crippen MR) is 77.9 cm³/mol. The van der Waals surface area contributed by atoms with E-state index in [9.17, 15) is 0 Å². The zero-order chi connectivity index (χ0) is 13.0. The van der Waals surface area contributed by atoms with Crippen molar-refractivity contribution in [2.45, 2.75) is 39.8 Å². The second kappa shape index (κ2) is 6.12. The van der Waals surface area contributed by atoms with E-state index in [2.05, 4.69) is 55.3 Å². The minimum Gasteiger partial charge on any atom is -0.308 e. The molecule has 0 saturated carbocycles. The molecule has 0 saturated heterocycles. The quantitative estimate of drug-likeness (QED) is 0.883. The topological polar surface area (TPSA) is 24.9 Å². The highest BCUT2D eigenvalue weighted by molar-refractivity contribution is 7.09. The summed E-state index contributed by atoms with van der Waals surface area (Å²) >= 11 is 1.72. The lowest BCUT2D eigenvalue weighted by Gasteiger charge is -2.07. The summed E-state index contributed by atoms with van der Waals surface area (Å²) in [5.74, 6) is 0.604. The lowest BCUT2D eigenvalue weighted by molar-refractivity contribution is 0.696. The summed E-state index contributed by atoms with van der Waals surface area (Å²) in [4.78, 5) is 5.58. The van der Waals surface area contributed by atoms with Gasteiger partial charge in [0.25, 0.3) is 0 Å². The van der Waals surface area contributed by atoms with Crippen LogP contribution in [0.1, 0.15) is 41.5 Å². The lowest BCUT2D eigenvalue weighted by Crippen LogP contribution is -2.12. The smallest absolute Gasteiger partial charge is 0.0798 e. The van der Waals surface area contributed by atoms with Gasteiger partial charge in [0.05, 0.1) is 11.2 Å². The van der Waals surface area contributed by atoms with Gasteiger partial charge in [-0.05, 0) is 24.0 Å². The van der Waals surface area contributed by atoms with Crippen molar-refractivity contribution >= 4 is 11.3 Å². The predicted octanol–water partition coefficient (Wildman–Crippen LogP) is 3.86. The number of nitrogens with one attached hydrogen (secondary N) is 1. The van der Waals surface area contributed by atoms with Crippen LogP contribution in [0.25, 0.3) is 0 Å². The monoisotopic (exact) mass is 260 g/mol. The van der Waals surface area contributed by atoms with Crippen LogP contribution in [-0.2, 0) is 13.1 Å². The summed E-state index contributed by atoms with van der Waals surface area (Å²) in [5.41, 5.74) is 5.78. The highest BCUT2D eigenvalue weighted by atomic mass is 32.1. The van der Waals surface area contributed by atoms with E-state index in [1.54, 1.807) is 11.3 Å². The van der Waals surface area contributed by atoms with Crippen LogP contribution in [0.15, 0.2) is 29.8 Å². The largest absolute Gasteiger partial charge is 0.308 e. The summed E-state index contributed by atoms with van der Waals surface area (Å²) in [6.07, 6.45) is 0. The molecule has 1 N–H and O–H groups in total. The van der Waals surface area contributed by atoms with E-state index in [0.29, 0.717) is 5.92 Å². The summed E-state index contributed by atoms with van der Waals surface area (Å²) in [6, 6.07) is 8.86. The van der Waals surface area contributed by atoms with Crippen molar-refractivity contribution in [2.75, 3.05) is 0 Å². The first-order valence-corrected chi connectivity index (χ1v) is 7.23. The number of benzene rings is 1. The molecule has 0 bridgehead atoms. The number of aryl methyl sites for hydroxylation is 1. The Hall–Kier alpha value is -1.19. The van der Waals surface area contributed by atoms with Gasteiger partial charge in [-0.25, -0.2) is 4.98 Å². The van der Waals surface area contributed by atoms with Gasteiger partial charge in [-0.1, -0.05) is 38.1 Å². The van der Waals surface area contributed by atoms with Crippen LogP contribution in [0.3, 0.4) is 0 Å². The van der Waals surface area contributed by atoms with E-state index in [1.165, 1.54) is 16.0 Å². The minimum absolute atomic E-state index is 0.604. The van der Waals surface area contributed by atoms with Gasteiger partial charge >= 0.3 is 0 Å². The Morgan fingerprint density at radius 3 is 2.44 bits per heavy atom. The van der Waals surface area contributed by atoms with Gasteiger partial charge in [-0.3, -0.25) is 0 Å². The zero-order valence-electron chi connectivity index (χ0n) is 11.2. The van der Waals surface area contributed by atoms with Gasteiger partial charge in [0, 0.05) is 18.0 Å². The van der Waals surface area contributed by atoms with Crippen LogP contribution in [0.5, 0.6) is 0 Å². The van der Waals surface area contributed by atoms with E-state index < -0.39 is 0 Å². The fraction of sp³-hybridized carbons (Fsp3) is 0.400. The normalized spacial score (nSPS) is 11.1. The maximum atomic E-state index is 4.25. The first kappa shape index (κ1) is 13.2. The molecule has 3 heteroatoms. The summed E-state index contributed by atoms with van der Waals surface area (Å²) in [6.45, 7) is 8.32. The minimum atomic E-state index is 0.604. The van der Waals surface area contributed by atoms with Crippen LogP contribution in [0.4, 0.5) is 0 Å². The molecular weight excluding hydrogens is 240 g/mol. The molecular formula is C15H20N2S. The van der Waals surface area contributed by atoms with Crippen molar-refractivity contribution < 1.29 is 0 Å². The Bertz CT molecular complexity index is 485. The van der Waals surface area contributed by atoms with Gasteiger partial charge in [0.2, 0.25) is 0 Å². The number of aromatic nitrogens is 1. The van der Waals surface area contributed by atoms with Crippen LogP contribution < -0.4 is 5.32 Å². The van der Waals surface area contributed by atoms with Gasteiger partial charge in [0.1, 0.15) is 0 Å². The Morgan fingerprint density at radius 2 is 1.89 bits per heavy atom. The van der Waals surface area contributed by atoms with E-state index in [-0.39, 0.29) is 0 Å². The molecule has 2 nitrogen and oxygen atoms in total. The number of hydrogen-bond acceptors (Lipinski definition) is 3. The molecule has 2 aromatic rings. The summed E-state index contributed by atoms with van der Waals surface area (Å²) < 4.78 is 0. The molecule has 1 aromatic heterocycles. The Kier molecular flexibility index (Phi) is 4.50. The number of rotatable bonds is 5. The summed E-state index contributed by atoms with van der Waals surface area (Å²) in [5, 5.41) is 3.46. The highest BCUT2D eigenvalue weighted by Gasteiger charge is 2.01. The number of nitrogens with zero attached hydrogens (tertiary/aromatic N) is 1. The average molecular weight is 260 g/mol. The molecule has 0 amide bonds. The van der Waals surface area contributed by atoms with Gasteiger partial charge in [0.15, 0.2) is 0 Å². The second-order valence-corrected chi connectivity index (χ2v) is 5.80. The van der Waals surface area contributed by atoms with Crippen molar-refractivity contribution in [1.82, 2.24) is 10.3 Å². The maximum Gasteiger partial charge on any atom is 0.0798 e. The SMILES string of the molecule is Cc1ncsc1CNCc1ccc(C(C)C)cc1. The molecule has 0 atom stereocenters. The third kappa shape index (κ3) is 3.40. The van der Waals surface area contributed by atoms with Crippen molar-refractivity contribution in [1.29, 1.82) is 0 Å². The molecule has 0 aliphatic rings. The van der Waals surface area contributed by atoms with Crippen molar-refractivity contribution in [2.24, 2.45) is 0 Å². The average Bonchev–Trinajstić information content (AvgIpc) is 2.76. The Labute approximate surface area is 113 Å². The third-order valence-corrected chi connectivity index (χ3v) is 4.04. The number of thiazole rings is 1. The Balaban J connectivity index is 1.85. The molecule has 0 radical (unpaired) electrons. The van der Waals surface area contributed by atoms with Crippen LogP contribution in [0.2, 0.25) is 0 Å². The molecule has 96 valence electrons. The van der Waals surface area contributed by atoms with Crippen molar-refractivity contribution in [3.05, 3.63) is 51.5 Å². The molecule has 0 unspecified atom stereocenters. The number of hydrogen-bond donors (Lipinski definition) is 1. The third-order valence-electron chi connectivity index (χ3n) is 3.11. The first-order valence-electron chi connectivity index (χ1n) is 6.35. The molecule has 1 heterocycles. The second-order valence-electron chi connectivity index (χ2n) is 4.86. The van der Waals surface area contributed by atoms with Crippen LogP contribution in [0, 0.1) is 6.92 Å². The van der Waals surface area contributed by atoms with E-state index >= 15 is 0 Å². The molecule has 0 spiro atoms. The molecule has 2 rings (SSSR count). The molecule has 1 aromatic carbocycles. The molecule has 0 aliphatic carbocycles. The fourth-order valence-corrected chi connectivity index (χ4v) is 2.58.